The van der Waals surface area contributed by atoms with Crippen LogP contribution in [0.4, 0.5) is 0 Å². The number of rotatable bonds is 6. The van der Waals surface area contributed by atoms with Gasteiger partial charge in [0.1, 0.15) is 0 Å². The average molecular weight is 315 g/mol. The number of hydrogen-bond donors (Lipinski definition) is 0. The Morgan fingerprint density at radius 1 is 0.783 bits per heavy atom. The monoisotopic (exact) mass is 314 g/mol. The molecule has 0 bridgehead atoms. The Kier molecular flexibility index (Phi) is 8.88. The molecule has 0 nitrogen and oxygen atoms in total. The zero-order valence-corrected chi connectivity index (χ0v) is 15.7. The fraction of sp³-hybridized carbons (Fsp3) is 0.826. The highest BCUT2D eigenvalue weighted by molar-refractivity contribution is 5.18. The van der Waals surface area contributed by atoms with Crippen molar-refractivity contribution in [1.29, 1.82) is 0 Å². The van der Waals surface area contributed by atoms with E-state index in [0.29, 0.717) is 5.92 Å². The highest BCUT2D eigenvalue weighted by Gasteiger charge is 2.19. The Morgan fingerprint density at radius 2 is 1.43 bits per heavy atom. The molecule has 0 unspecified atom stereocenters. The molecule has 0 aromatic carbocycles. The van der Waals surface area contributed by atoms with Gasteiger partial charge in [-0.25, -0.2) is 0 Å². The topological polar surface area (TPSA) is 0 Å². The van der Waals surface area contributed by atoms with Crippen LogP contribution in [0.25, 0.3) is 0 Å². The summed E-state index contributed by atoms with van der Waals surface area (Å²) in [6.07, 6.45) is 22.8. The molecule has 2 saturated carbocycles. The first-order chi connectivity index (χ1) is 11.3. The van der Waals surface area contributed by atoms with Crippen LogP contribution in [0, 0.1) is 35.5 Å². The third kappa shape index (κ3) is 7.15. The van der Waals surface area contributed by atoms with Crippen molar-refractivity contribution in [2.24, 2.45) is 23.7 Å². The zero-order chi connectivity index (χ0) is 16.3. The molecule has 0 aliphatic heterocycles. The minimum Gasteiger partial charge on any atom is -0.0951 e. The van der Waals surface area contributed by atoms with Crippen LogP contribution in [-0.4, -0.2) is 0 Å². The van der Waals surface area contributed by atoms with Crippen molar-refractivity contribution in [3.63, 3.8) is 0 Å². The van der Waals surface area contributed by atoms with E-state index in [9.17, 15) is 0 Å². The van der Waals surface area contributed by atoms with E-state index in [1.165, 1.54) is 83.5 Å². The summed E-state index contributed by atoms with van der Waals surface area (Å²) in [6.45, 7) is 4.62. The molecule has 130 valence electrons. The predicted octanol–water partition coefficient (Wildman–Crippen LogP) is 7.15. The molecule has 0 atom stereocenters. The number of allylic oxidation sites excluding steroid dienone is 2. The predicted molar refractivity (Wildman–Crippen MR) is 102 cm³/mol. The molecule has 0 spiro atoms. The van der Waals surface area contributed by atoms with Crippen molar-refractivity contribution < 1.29 is 0 Å². The average Bonchev–Trinajstić information content (AvgIpc) is 2.59. The van der Waals surface area contributed by atoms with E-state index >= 15 is 0 Å². The third-order valence-electron chi connectivity index (χ3n) is 6.14. The van der Waals surface area contributed by atoms with Crippen molar-refractivity contribution in [3.05, 3.63) is 12.2 Å². The summed E-state index contributed by atoms with van der Waals surface area (Å²) >= 11 is 0. The Balaban J connectivity index is 1.62. The smallest absolute Gasteiger partial charge is 0.0206 e. The van der Waals surface area contributed by atoms with Gasteiger partial charge in [0.15, 0.2) is 0 Å². The number of unbranched alkanes of at least 4 members (excludes halogenated alkanes) is 1. The molecule has 2 fully saturated rings. The van der Waals surface area contributed by atoms with Gasteiger partial charge in [-0.3, -0.25) is 0 Å². The van der Waals surface area contributed by atoms with E-state index in [1.54, 1.807) is 0 Å². The normalized spacial score (nSPS) is 31.7. The van der Waals surface area contributed by atoms with Crippen LogP contribution in [0.2, 0.25) is 0 Å². The van der Waals surface area contributed by atoms with Crippen LogP contribution in [0.15, 0.2) is 12.2 Å². The maximum absolute atomic E-state index is 3.53. The minimum atomic E-state index is 0.679. The highest BCUT2D eigenvalue weighted by Crippen LogP contribution is 2.32. The van der Waals surface area contributed by atoms with Crippen molar-refractivity contribution in [2.75, 3.05) is 0 Å². The zero-order valence-electron chi connectivity index (χ0n) is 15.7. The maximum atomic E-state index is 3.53. The van der Waals surface area contributed by atoms with Crippen LogP contribution in [0.5, 0.6) is 0 Å². The Morgan fingerprint density at radius 3 is 2.09 bits per heavy atom. The Bertz CT molecular complexity index is 378. The second-order valence-electron chi connectivity index (χ2n) is 8.08. The molecular formula is C23H38. The number of hydrogen-bond acceptors (Lipinski definition) is 0. The largest absolute Gasteiger partial charge is 0.0951 e. The first-order valence-corrected chi connectivity index (χ1v) is 10.5. The lowest BCUT2D eigenvalue weighted by atomic mass is 9.79. The lowest BCUT2D eigenvalue weighted by Crippen LogP contribution is -2.13. The van der Waals surface area contributed by atoms with Gasteiger partial charge in [0.05, 0.1) is 0 Å². The molecule has 0 aromatic rings. The van der Waals surface area contributed by atoms with E-state index < -0.39 is 0 Å². The SMILES string of the molecule is CCCC[C@H]1CC[C@H](C#C/C=C/[C@H]2CC[C@H](CCC)CC2)CC1. The fourth-order valence-electron chi connectivity index (χ4n) is 4.52. The highest BCUT2D eigenvalue weighted by atomic mass is 14.2. The van der Waals surface area contributed by atoms with E-state index in [0.717, 1.165) is 17.8 Å². The van der Waals surface area contributed by atoms with Gasteiger partial charge in [-0.2, -0.15) is 0 Å². The second-order valence-corrected chi connectivity index (χ2v) is 8.08. The molecule has 2 aliphatic rings. The molecule has 0 N–H and O–H groups in total. The van der Waals surface area contributed by atoms with Crippen LogP contribution in [0.1, 0.15) is 97.3 Å². The third-order valence-corrected chi connectivity index (χ3v) is 6.14. The summed E-state index contributed by atoms with van der Waals surface area (Å²) in [5.74, 6) is 10.4. The van der Waals surface area contributed by atoms with Gasteiger partial charge < -0.3 is 0 Å². The summed E-state index contributed by atoms with van der Waals surface area (Å²) in [5, 5.41) is 0. The first kappa shape index (κ1) is 18.6. The van der Waals surface area contributed by atoms with E-state index in [1.807, 2.05) is 0 Å². The minimum absolute atomic E-state index is 0.679. The van der Waals surface area contributed by atoms with Crippen LogP contribution in [-0.2, 0) is 0 Å². The van der Waals surface area contributed by atoms with Crippen LogP contribution in [0.3, 0.4) is 0 Å². The van der Waals surface area contributed by atoms with Gasteiger partial charge in [-0.05, 0) is 75.2 Å². The molecule has 23 heavy (non-hydrogen) atoms. The lowest BCUT2D eigenvalue weighted by molar-refractivity contribution is 0.294. The first-order valence-electron chi connectivity index (χ1n) is 10.5. The van der Waals surface area contributed by atoms with E-state index in [-0.39, 0.29) is 0 Å². The molecule has 0 radical (unpaired) electrons. The molecular weight excluding hydrogens is 276 g/mol. The van der Waals surface area contributed by atoms with Gasteiger partial charge in [0, 0.05) is 5.92 Å². The summed E-state index contributed by atoms with van der Waals surface area (Å²) in [6, 6.07) is 0. The fourth-order valence-corrected chi connectivity index (χ4v) is 4.52. The molecule has 0 saturated heterocycles. The Labute approximate surface area is 145 Å². The van der Waals surface area contributed by atoms with Crippen LogP contribution < -0.4 is 0 Å². The van der Waals surface area contributed by atoms with E-state index in [2.05, 4.69) is 37.8 Å². The van der Waals surface area contributed by atoms with Crippen molar-refractivity contribution in [1.82, 2.24) is 0 Å². The molecule has 2 aliphatic carbocycles. The molecule has 2 rings (SSSR count). The maximum Gasteiger partial charge on any atom is 0.0206 e. The summed E-state index contributed by atoms with van der Waals surface area (Å²) in [7, 11) is 0. The van der Waals surface area contributed by atoms with Gasteiger partial charge in [-0.15, -0.1) is 0 Å². The van der Waals surface area contributed by atoms with Crippen molar-refractivity contribution in [3.8, 4) is 11.8 Å². The van der Waals surface area contributed by atoms with Gasteiger partial charge in [-0.1, -0.05) is 63.9 Å². The molecule has 0 amide bonds. The van der Waals surface area contributed by atoms with Gasteiger partial charge in [0.2, 0.25) is 0 Å². The van der Waals surface area contributed by atoms with Gasteiger partial charge in [0.25, 0.3) is 0 Å². The molecule has 0 aromatic heterocycles. The summed E-state index contributed by atoms with van der Waals surface area (Å²) in [5.41, 5.74) is 0. The lowest BCUT2D eigenvalue weighted by Gasteiger charge is -2.26. The Hall–Kier alpha value is -0.700. The quantitative estimate of drug-likeness (QED) is 0.457. The second kappa shape index (κ2) is 11.0. The van der Waals surface area contributed by atoms with Gasteiger partial charge >= 0.3 is 0 Å². The van der Waals surface area contributed by atoms with E-state index in [4.69, 9.17) is 0 Å². The van der Waals surface area contributed by atoms with Crippen molar-refractivity contribution >= 4 is 0 Å². The molecule has 0 heterocycles. The van der Waals surface area contributed by atoms with Crippen LogP contribution >= 0.6 is 0 Å². The van der Waals surface area contributed by atoms with Crippen molar-refractivity contribution in [2.45, 2.75) is 97.3 Å². The molecule has 0 heteroatoms. The summed E-state index contributed by atoms with van der Waals surface area (Å²) < 4.78 is 0. The standard InChI is InChI=1S/C23H38/c1-3-5-9-21-16-18-23(19-17-21)11-7-6-10-22-14-12-20(8-4-2)13-15-22/h6,10,20-23H,3-5,8-9,12-19H2,1-2H3/b10-6+/t20-,21-,22-,23-. The summed E-state index contributed by atoms with van der Waals surface area (Å²) in [4.78, 5) is 0.